The summed E-state index contributed by atoms with van der Waals surface area (Å²) in [6, 6.07) is 0. The van der Waals surface area contributed by atoms with Crippen molar-refractivity contribution in [1.82, 2.24) is 0 Å². The Labute approximate surface area is 80.4 Å². The SMILES string of the molecule is CC(=O)O.[CH3-].[K+]. The number of hydrogen-bond acceptors (Lipinski definition) is 1. The molecule has 0 saturated heterocycles. The van der Waals surface area contributed by atoms with Crippen LogP contribution in [0, 0.1) is 7.43 Å². The Morgan fingerprint density at radius 3 is 1.67 bits per heavy atom. The van der Waals surface area contributed by atoms with Crippen LogP contribution in [0.5, 0.6) is 0 Å². The molecule has 0 aromatic carbocycles. The molecular formula is C3H7KO2. The minimum absolute atomic E-state index is 0. The molecule has 0 aliphatic heterocycles. The fraction of sp³-hybridized carbons (Fsp3) is 0.333. The molecule has 2 nitrogen and oxygen atoms in total. The van der Waals surface area contributed by atoms with Crippen molar-refractivity contribution in [2.24, 2.45) is 0 Å². The summed E-state index contributed by atoms with van der Waals surface area (Å²) in [4.78, 5) is 9.00. The van der Waals surface area contributed by atoms with Crippen LogP contribution in [0.15, 0.2) is 0 Å². The van der Waals surface area contributed by atoms with Gasteiger partial charge in [0.15, 0.2) is 0 Å². The molecule has 0 amide bonds. The Bertz CT molecular complexity index is 31.8. The van der Waals surface area contributed by atoms with Gasteiger partial charge in [0.1, 0.15) is 0 Å². The van der Waals surface area contributed by atoms with Crippen LogP contribution in [-0.2, 0) is 4.79 Å². The first-order chi connectivity index (χ1) is 1.73. The predicted molar refractivity (Wildman–Crippen MR) is 19.7 cm³/mol. The first-order valence-corrected chi connectivity index (χ1v) is 0.928. The smallest absolute Gasteiger partial charge is 0.481 e. The van der Waals surface area contributed by atoms with E-state index in [4.69, 9.17) is 9.90 Å². The summed E-state index contributed by atoms with van der Waals surface area (Å²) in [5.74, 6) is -0.833. The van der Waals surface area contributed by atoms with Gasteiger partial charge in [0.25, 0.3) is 5.97 Å². The second-order valence-corrected chi connectivity index (χ2v) is 0.519. The Balaban J connectivity index is -0.0000000450. The Morgan fingerprint density at radius 1 is 1.67 bits per heavy atom. The van der Waals surface area contributed by atoms with Gasteiger partial charge in [-0.15, -0.1) is 0 Å². The Kier molecular flexibility index (Phi) is 24.7. The van der Waals surface area contributed by atoms with Gasteiger partial charge in [0.2, 0.25) is 0 Å². The van der Waals surface area contributed by atoms with Crippen LogP contribution in [0.4, 0.5) is 0 Å². The molecule has 0 unspecified atom stereocenters. The van der Waals surface area contributed by atoms with Crippen LogP contribution in [0.1, 0.15) is 6.92 Å². The van der Waals surface area contributed by atoms with Crippen LogP contribution in [0.25, 0.3) is 0 Å². The van der Waals surface area contributed by atoms with E-state index in [1.54, 1.807) is 0 Å². The number of hydrogen-bond donors (Lipinski definition) is 1. The zero-order chi connectivity index (χ0) is 3.58. The maximum Gasteiger partial charge on any atom is 1.00 e. The second-order valence-electron chi connectivity index (χ2n) is 0.519. The molecule has 1 N–H and O–H groups in total. The molecule has 0 atom stereocenters. The van der Waals surface area contributed by atoms with Crippen molar-refractivity contribution in [3.63, 3.8) is 0 Å². The van der Waals surface area contributed by atoms with Crippen molar-refractivity contribution in [1.29, 1.82) is 0 Å². The molecule has 0 aliphatic rings. The summed E-state index contributed by atoms with van der Waals surface area (Å²) < 4.78 is 0. The third-order valence-electron chi connectivity index (χ3n) is 0. The summed E-state index contributed by atoms with van der Waals surface area (Å²) >= 11 is 0. The molecule has 32 valence electrons. The van der Waals surface area contributed by atoms with Crippen LogP contribution in [0.3, 0.4) is 0 Å². The van der Waals surface area contributed by atoms with E-state index >= 15 is 0 Å². The van der Waals surface area contributed by atoms with E-state index in [-0.39, 0.29) is 58.8 Å². The minimum atomic E-state index is -0.833. The van der Waals surface area contributed by atoms with Crippen LogP contribution >= 0.6 is 0 Å². The normalized spacial score (nSPS) is 4.17. The van der Waals surface area contributed by atoms with Crippen molar-refractivity contribution in [3.05, 3.63) is 7.43 Å². The average Bonchev–Trinajstić information content (AvgIpc) is 0.811. The first-order valence-electron chi connectivity index (χ1n) is 0.928. The molecule has 0 radical (unpaired) electrons. The van der Waals surface area contributed by atoms with Crippen LogP contribution in [-0.4, -0.2) is 11.1 Å². The quantitative estimate of drug-likeness (QED) is 0.280. The summed E-state index contributed by atoms with van der Waals surface area (Å²) in [7, 11) is 0. The molecule has 0 spiro atoms. The zero-order valence-corrected chi connectivity index (χ0v) is 7.48. The first kappa shape index (κ1) is 15.7. The van der Waals surface area contributed by atoms with Crippen molar-refractivity contribution in [3.8, 4) is 0 Å². The van der Waals surface area contributed by atoms with Crippen molar-refractivity contribution >= 4 is 5.97 Å². The van der Waals surface area contributed by atoms with Crippen molar-refractivity contribution in [2.45, 2.75) is 6.92 Å². The van der Waals surface area contributed by atoms with Gasteiger partial charge in [-0.3, -0.25) is 4.79 Å². The zero-order valence-electron chi connectivity index (χ0n) is 4.36. The maximum absolute atomic E-state index is 9.00. The number of aliphatic carboxylic acids is 1. The fourth-order valence-corrected chi connectivity index (χ4v) is 0. The number of carbonyl (C=O) groups is 1. The van der Waals surface area contributed by atoms with Gasteiger partial charge in [-0.2, -0.15) is 0 Å². The van der Waals surface area contributed by atoms with E-state index < -0.39 is 5.97 Å². The number of carboxylic acid groups (broad SMARTS) is 1. The molecule has 0 aromatic heterocycles. The molecule has 3 heteroatoms. The number of rotatable bonds is 0. The summed E-state index contributed by atoms with van der Waals surface area (Å²) in [5.41, 5.74) is 0. The topological polar surface area (TPSA) is 37.3 Å². The predicted octanol–water partition coefficient (Wildman–Crippen LogP) is -2.45. The molecule has 0 bridgehead atoms. The van der Waals surface area contributed by atoms with Gasteiger partial charge in [0.05, 0.1) is 0 Å². The standard InChI is InChI=1S/C2H4O2.CH3.K/c1-2(3)4;;/h1H3,(H,3,4);1H3;/q;-1;+1. The number of carboxylic acids is 1. The van der Waals surface area contributed by atoms with E-state index in [9.17, 15) is 0 Å². The average molecular weight is 114 g/mol. The Morgan fingerprint density at radius 2 is 1.67 bits per heavy atom. The van der Waals surface area contributed by atoms with Gasteiger partial charge >= 0.3 is 51.4 Å². The Hall–Kier alpha value is 1.11. The largest absolute Gasteiger partial charge is 1.00 e. The van der Waals surface area contributed by atoms with Crippen LogP contribution in [0.2, 0.25) is 0 Å². The van der Waals surface area contributed by atoms with Crippen molar-refractivity contribution in [2.75, 3.05) is 0 Å². The molecule has 0 saturated carbocycles. The summed E-state index contributed by atoms with van der Waals surface area (Å²) in [5, 5.41) is 7.42. The van der Waals surface area contributed by atoms with Gasteiger partial charge in [-0.1, -0.05) is 0 Å². The molecular weight excluding hydrogens is 107 g/mol. The maximum atomic E-state index is 9.00. The summed E-state index contributed by atoms with van der Waals surface area (Å²) in [6.07, 6.45) is 0. The van der Waals surface area contributed by atoms with E-state index in [0.29, 0.717) is 0 Å². The molecule has 0 aliphatic carbocycles. The third kappa shape index (κ3) is 70.3. The van der Waals surface area contributed by atoms with E-state index in [1.165, 1.54) is 0 Å². The van der Waals surface area contributed by atoms with Gasteiger partial charge < -0.3 is 12.5 Å². The second kappa shape index (κ2) is 9.44. The molecule has 6 heavy (non-hydrogen) atoms. The van der Waals surface area contributed by atoms with Gasteiger partial charge in [-0.25, -0.2) is 0 Å². The molecule has 0 heterocycles. The van der Waals surface area contributed by atoms with Gasteiger partial charge in [-0.05, 0) is 0 Å². The van der Waals surface area contributed by atoms with E-state index in [2.05, 4.69) is 0 Å². The molecule has 0 aromatic rings. The van der Waals surface area contributed by atoms with Crippen molar-refractivity contribution < 1.29 is 61.3 Å². The monoisotopic (exact) mass is 114 g/mol. The minimum Gasteiger partial charge on any atom is -0.481 e. The molecule has 0 fully saturated rings. The van der Waals surface area contributed by atoms with Gasteiger partial charge in [0, 0.05) is 6.92 Å². The molecule has 0 rings (SSSR count). The van der Waals surface area contributed by atoms with E-state index in [0.717, 1.165) is 6.92 Å². The third-order valence-corrected chi connectivity index (χ3v) is 0. The fourth-order valence-electron chi connectivity index (χ4n) is 0. The summed E-state index contributed by atoms with van der Waals surface area (Å²) in [6.45, 7) is 1.08. The van der Waals surface area contributed by atoms with E-state index in [1.807, 2.05) is 0 Å². The van der Waals surface area contributed by atoms with Crippen LogP contribution < -0.4 is 51.4 Å².